The van der Waals surface area contributed by atoms with E-state index in [1.54, 1.807) is 0 Å². The van der Waals surface area contributed by atoms with Crippen LogP contribution in [0.5, 0.6) is 0 Å². The van der Waals surface area contributed by atoms with Crippen LogP contribution in [0.2, 0.25) is 0 Å². The Hall–Kier alpha value is -5.73. The number of nitrogens with zero attached hydrogens (tertiary/aromatic N) is 2. The van der Waals surface area contributed by atoms with Crippen LogP contribution >= 0.6 is 0 Å². The third-order valence-electron chi connectivity index (χ3n) is 11.8. The molecule has 7 aromatic carbocycles. The Morgan fingerprint density at radius 3 is 1.29 bits per heavy atom. The van der Waals surface area contributed by atoms with Crippen molar-refractivity contribution in [2.24, 2.45) is 0 Å². The zero-order chi connectivity index (χ0) is 44.3. The van der Waals surface area contributed by atoms with Gasteiger partial charge in [0.25, 0.3) is 0 Å². The van der Waals surface area contributed by atoms with Crippen molar-refractivity contribution in [2.45, 2.75) is 27.7 Å². The molecule has 2 nitrogen and oxygen atoms in total. The minimum atomic E-state index is 0.108. The molecule has 0 atom stereocenters. The molecule has 0 amide bonds. The fraction of sp³-hybridized carbons (Fsp3) is 0.0800. The van der Waals surface area contributed by atoms with Gasteiger partial charge in [0.15, 0.2) is 0 Å². The minimum Gasteiger partial charge on any atom is -0.310 e. The third kappa shape index (κ3) is 6.73. The Morgan fingerprint density at radius 2 is 0.790 bits per heavy atom. The van der Waals surface area contributed by atoms with E-state index in [1.807, 2.05) is 50.2 Å². The molecule has 20 radical (unpaired) electrons. The monoisotopic (exact) mass is 770 g/mol. The first-order valence-corrected chi connectivity index (χ1v) is 20.4. The molecule has 9 aromatic rings. The molecule has 0 bridgehead atoms. The fourth-order valence-electron chi connectivity index (χ4n) is 8.74. The number of rotatable bonds is 5. The van der Waals surface area contributed by atoms with Gasteiger partial charge in [0, 0.05) is 38.1 Å². The van der Waals surface area contributed by atoms with Crippen LogP contribution in [0.4, 0.5) is 0 Å². The van der Waals surface area contributed by atoms with Crippen molar-refractivity contribution in [3.05, 3.63) is 120 Å². The Labute approximate surface area is 377 Å². The summed E-state index contributed by atoms with van der Waals surface area (Å²) >= 11 is 0. The second kappa shape index (κ2) is 16.9. The lowest BCUT2D eigenvalue weighted by Crippen LogP contribution is -2.55. The van der Waals surface area contributed by atoms with E-state index in [2.05, 4.69) is 108 Å². The average molecular weight is 769 g/mol. The fourth-order valence-corrected chi connectivity index (χ4v) is 8.74. The predicted molar refractivity (Wildman–Crippen MR) is 279 cm³/mol. The van der Waals surface area contributed by atoms with Crippen molar-refractivity contribution in [1.29, 1.82) is 0 Å². The lowest BCUT2D eigenvalue weighted by atomic mass is 9.59. The summed E-state index contributed by atoms with van der Waals surface area (Å²) in [6.07, 6.45) is 4.35. The van der Waals surface area contributed by atoms with Crippen LogP contribution < -0.4 is 65.2 Å². The summed E-state index contributed by atoms with van der Waals surface area (Å²) in [5, 5.41) is 5.59. The SMILES string of the molecule is CC.[B]c1c([B])c([B])c(-c2cc(-c3c([B])c([B])c([B])c([B])c3[B])cc(-n3c4ccccc4c4cc(-c5ccc6c(c5)c(=C/C)/c(=C\C)n6-c5ccccc5)ccc43)c2)c([B])c1[B]. The molecule has 0 fully saturated rings. The van der Waals surface area contributed by atoms with Crippen LogP contribution in [0.25, 0.3) is 89.6 Å². The topological polar surface area (TPSA) is 9.86 Å². The van der Waals surface area contributed by atoms with Crippen molar-refractivity contribution in [3.8, 4) is 44.8 Å². The maximum Gasteiger partial charge on any atom is 0.113 e. The largest absolute Gasteiger partial charge is 0.310 e. The molecule has 9 rings (SSSR count). The van der Waals surface area contributed by atoms with Crippen LogP contribution in [-0.4, -0.2) is 87.6 Å². The Bertz CT molecular complexity index is 3260. The van der Waals surface area contributed by atoms with Gasteiger partial charge in [-0.25, -0.2) is 0 Å². The van der Waals surface area contributed by atoms with Crippen molar-refractivity contribution in [2.75, 3.05) is 0 Å². The van der Waals surface area contributed by atoms with Crippen molar-refractivity contribution in [3.63, 3.8) is 0 Å². The van der Waals surface area contributed by atoms with Crippen LogP contribution in [0.1, 0.15) is 27.7 Å². The highest BCUT2D eigenvalue weighted by Crippen LogP contribution is 2.37. The smallest absolute Gasteiger partial charge is 0.113 e. The maximum atomic E-state index is 6.67. The van der Waals surface area contributed by atoms with Crippen molar-refractivity contribution in [1.82, 2.24) is 9.13 Å². The number of benzene rings is 7. The molecule has 0 aliphatic heterocycles. The number of para-hydroxylation sites is 2. The second-order valence-corrected chi connectivity index (χ2v) is 15.0. The minimum absolute atomic E-state index is 0.108. The highest BCUT2D eigenvalue weighted by molar-refractivity contribution is 6.70. The number of aromatic nitrogens is 2. The lowest BCUT2D eigenvalue weighted by Gasteiger charge is -2.25. The number of fused-ring (bicyclic) bond motifs is 4. The highest BCUT2D eigenvalue weighted by atomic mass is 15.0. The number of hydrogen-bond donors (Lipinski definition) is 0. The molecular weight excluding hydrogens is 737 g/mol. The molecule has 2 heterocycles. The summed E-state index contributed by atoms with van der Waals surface area (Å²) in [5.41, 5.74) is 10.4. The van der Waals surface area contributed by atoms with Gasteiger partial charge < -0.3 is 9.13 Å². The van der Waals surface area contributed by atoms with Crippen LogP contribution in [0, 0.1) is 0 Å². The highest BCUT2D eigenvalue weighted by Gasteiger charge is 2.21. The van der Waals surface area contributed by atoms with Crippen LogP contribution in [0.3, 0.4) is 0 Å². The molecular formula is C50H32B10N2. The van der Waals surface area contributed by atoms with Gasteiger partial charge in [0.2, 0.25) is 0 Å². The van der Waals surface area contributed by atoms with Gasteiger partial charge in [-0.1, -0.05) is 96.4 Å². The zero-order valence-corrected chi connectivity index (χ0v) is 35.2. The average Bonchev–Trinajstić information content (AvgIpc) is 3.81. The van der Waals surface area contributed by atoms with E-state index >= 15 is 0 Å². The first-order valence-electron chi connectivity index (χ1n) is 20.4. The Morgan fingerprint density at radius 1 is 0.355 bits per heavy atom. The van der Waals surface area contributed by atoms with Gasteiger partial charge in [-0.3, -0.25) is 0 Å². The molecule has 2 aromatic heterocycles. The summed E-state index contributed by atoms with van der Waals surface area (Å²) in [6.45, 7) is 8.17. The molecule has 0 saturated carbocycles. The van der Waals surface area contributed by atoms with Crippen molar-refractivity contribution >= 4 is 178 Å². The van der Waals surface area contributed by atoms with E-state index in [-0.39, 0.29) is 54.6 Å². The zero-order valence-electron chi connectivity index (χ0n) is 35.2. The summed E-state index contributed by atoms with van der Waals surface area (Å²) in [7, 11) is 64.7. The summed E-state index contributed by atoms with van der Waals surface area (Å²) in [5.74, 6) is 0. The van der Waals surface area contributed by atoms with Gasteiger partial charge in [-0.15, -0.1) is 32.8 Å². The van der Waals surface area contributed by atoms with Gasteiger partial charge >= 0.3 is 0 Å². The van der Waals surface area contributed by atoms with Gasteiger partial charge in [-0.05, 0) is 108 Å². The molecule has 0 unspecified atom stereocenters. The molecule has 0 aliphatic rings. The third-order valence-corrected chi connectivity index (χ3v) is 11.8. The quantitative estimate of drug-likeness (QED) is 0.223. The van der Waals surface area contributed by atoms with Gasteiger partial charge in [-0.2, -0.15) is 0 Å². The van der Waals surface area contributed by atoms with E-state index < -0.39 is 0 Å². The molecule has 0 saturated heterocycles. The molecule has 272 valence electrons. The van der Waals surface area contributed by atoms with Crippen molar-refractivity contribution < 1.29 is 0 Å². The molecule has 62 heavy (non-hydrogen) atoms. The first kappa shape index (κ1) is 42.9. The van der Waals surface area contributed by atoms with E-state index in [9.17, 15) is 0 Å². The van der Waals surface area contributed by atoms with E-state index in [4.69, 9.17) is 78.5 Å². The van der Waals surface area contributed by atoms with Gasteiger partial charge in [0.05, 0.1) is 16.6 Å². The van der Waals surface area contributed by atoms with E-state index in [1.165, 1.54) is 10.6 Å². The molecule has 12 heteroatoms. The second-order valence-electron chi connectivity index (χ2n) is 15.0. The Balaban J connectivity index is 0.00000261. The molecule has 0 aliphatic carbocycles. The van der Waals surface area contributed by atoms with Crippen LogP contribution in [0.15, 0.2) is 109 Å². The number of hydrogen-bond acceptors (Lipinski definition) is 0. The normalized spacial score (nSPS) is 12.1. The standard InChI is InChI=1S/C48H26B10N2.C2H6/c1-3-29-31-21-23(14-16-35(31)59(33(29)4-2)27-10-6-5-7-11-27)24-15-17-36-32(22-24)30-12-8-9-13-34(30)60(36)28-19-25(37-39(49)43(53)47(57)44(54)40(37)50)18-26(20-28)38-41(51)45(55)48(58)46(56)42(38)52;1-2/h3-22H,1-2H3;1-2H3/b29-3-,33-4+;. The lowest BCUT2D eigenvalue weighted by molar-refractivity contribution is 1.07. The first-order chi connectivity index (χ1) is 29.9. The summed E-state index contributed by atoms with van der Waals surface area (Å²) < 4.78 is 4.49. The molecule has 0 spiro atoms. The van der Waals surface area contributed by atoms with Gasteiger partial charge in [0.1, 0.15) is 78.5 Å². The van der Waals surface area contributed by atoms with Crippen LogP contribution in [-0.2, 0) is 0 Å². The van der Waals surface area contributed by atoms with E-state index in [0.717, 1.165) is 55.2 Å². The molecule has 0 N–H and O–H groups in total. The Kier molecular flexibility index (Phi) is 11.7. The van der Waals surface area contributed by atoms with E-state index in [0.29, 0.717) is 22.3 Å². The predicted octanol–water partition coefficient (Wildman–Crippen LogP) is 0.294. The summed E-state index contributed by atoms with van der Waals surface area (Å²) in [6, 6.07) is 37.7. The maximum absolute atomic E-state index is 6.67. The summed E-state index contributed by atoms with van der Waals surface area (Å²) in [4.78, 5) is 0.